The molecule has 1 aromatic carbocycles. The quantitative estimate of drug-likeness (QED) is 0.779. The average molecular weight is 252 g/mol. The summed E-state index contributed by atoms with van der Waals surface area (Å²) in [6.45, 7) is 0.681. The highest BCUT2D eigenvalue weighted by atomic mass is 16.4. The number of benzene rings is 1. The molecule has 0 amide bonds. The van der Waals surface area contributed by atoms with E-state index < -0.39 is 5.97 Å². The van der Waals surface area contributed by atoms with Gasteiger partial charge >= 0.3 is 5.97 Å². The number of aromatic carboxylic acids is 1. The smallest absolute Gasteiger partial charge is 0.354 e. The van der Waals surface area contributed by atoms with Gasteiger partial charge in [-0.05, 0) is 23.8 Å². The molecule has 2 aromatic heterocycles. The predicted octanol–water partition coefficient (Wildman–Crippen LogP) is 2.78. The lowest BCUT2D eigenvalue weighted by Gasteiger charge is -2.05. The van der Waals surface area contributed by atoms with Gasteiger partial charge in [-0.25, -0.2) is 9.78 Å². The molecule has 3 aromatic rings. The first-order valence-electron chi connectivity index (χ1n) is 5.97. The number of hydrogen-bond acceptors (Lipinski definition) is 2. The van der Waals surface area contributed by atoms with Crippen LogP contribution in [0.4, 0.5) is 0 Å². The van der Waals surface area contributed by atoms with E-state index in [9.17, 15) is 4.79 Å². The van der Waals surface area contributed by atoms with Crippen molar-refractivity contribution in [1.29, 1.82) is 0 Å². The molecular formula is C15H12N2O2. The lowest BCUT2D eigenvalue weighted by Crippen LogP contribution is -2.03. The second-order valence-corrected chi connectivity index (χ2v) is 4.34. The number of pyridine rings is 1. The van der Waals surface area contributed by atoms with Gasteiger partial charge in [0.2, 0.25) is 0 Å². The Morgan fingerprint density at radius 1 is 1.11 bits per heavy atom. The van der Waals surface area contributed by atoms with Gasteiger partial charge in [0.1, 0.15) is 5.65 Å². The number of aromatic nitrogens is 2. The summed E-state index contributed by atoms with van der Waals surface area (Å²) in [6, 6.07) is 15.3. The Balaban J connectivity index is 2.04. The summed E-state index contributed by atoms with van der Waals surface area (Å²) in [6.07, 6.45) is 1.93. The summed E-state index contributed by atoms with van der Waals surface area (Å²) < 4.78 is 1.96. The minimum atomic E-state index is -1.01. The number of carboxylic acid groups (broad SMARTS) is 1. The molecule has 0 bridgehead atoms. The van der Waals surface area contributed by atoms with Gasteiger partial charge in [-0.1, -0.05) is 30.3 Å². The van der Waals surface area contributed by atoms with Crippen molar-refractivity contribution < 1.29 is 9.90 Å². The van der Waals surface area contributed by atoms with Crippen molar-refractivity contribution in [3.05, 3.63) is 66.0 Å². The fourth-order valence-corrected chi connectivity index (χ4v) is 2.09. The van der Waals surface area contributed by atoms with Gasteiger partial charge in [0.05, 0.1) is 0 Å². The van der Waals surface area contributed by atoms with Crippen LogP contribution in [0.25, 0.3) is 11.0 Å². The standard InChI is InChI=1S/C15H12N2O2/c18-15(19)13-7-6-12-8-9-17(14(12)16-13)10-11-4-2-1-3-5-11/h1-9H,10H2,(H,18,19). The minimum Gasteiger partial charge on any atom is -0.477 e. The molecule has 2 heterocycles. The molecule has 4 heteroatoms. The van der Waals surface area contributed by atoms with Crippen molar-refractivity contribution in [2.45, 2.75) is 6.54 Å². The summed E-state index contributed by atoms with van der Waals surface area (Å²) in [5.41, 5.74) is 1.92. The minimum absolute atomic E-state index is 0.0699. The van der Waals surface area contributed by atoms with Crippen LogP contribution in [0.15, 0.2) is 54.7 Å². The van der Waals surface area contributed by atoms with Gasteiger partial charge in [0.25, 0.3) is 0 Å². The highest BCUT2D eigenvalue weighted by Gasteiger charge is 2.08. The second kappa shape index (κ2) is 4.57. The Bertz CT molecular complexity index is 732. The third-order valence-electron chi connectivity index (χ3n) is 3.03. The van der Waals surface area contributed by atoms with E-state index in [1.807, 2.05) is 47.2 Å². The van der Waals surface area contributed by atoms with Crippen molar-refractivity contribution >= 4 is 17.0 Å². The van der Waals surface area contributed by atoms with Gasteiger partial charge in [0.15, 0.2) is 5.69 Å². The van der Waals surface area contributed by atoms with Crippen LogP contribution in [0.3, 0.4) is 0 Å². The number of rotatable bonds is 3. The van der Waals surface area contributed by atoms with E-state index in [4.69, 9.17) is 5.11 Å². The van der Waals surface area contributed by atoms with Crippen LogP contribution < -0.4 is 0 Å². The molecule has 0 aliphatic carbocycles. The molecule has 19 heavy (non-hydrogen) atoms. The topological polar surface area (TPSA) is 55.1 Å². The maximum absolute atomic E-state index is 11.0. The van der Waals surface area contributed by atoms with Gasteiger partial charge < -0.3 is 9.67 Å². The van der Waals surface area contributed by atoms with Gasteiger partial charge in [-0.2, -0.15) is 0 Å². The first-order valence-corrected chi connectivity index (χ1v) is 5.97. The SMILES string of the molecule is O=C(O)c1ccc2ccn(Cc3ccccc3)c2n1. The van der Waals surface area contributed by atoms with Crippen LogP contribution in [0, 0.1) is 0 Å². The Kier molecular flexibility index (Phi) is 2.76. The molecule has 0 aliphatic heterocycles. The maximum Gasteiger partial charge on any atom is 0.354 e. The first-order chi connectivity index (χ1) is 9.24. The lowest BCUT2D eigenvalue weighted by molar-refractivity contribution is 0.0691. The van der Waals surface area contributed by atoms with Crippen LogP contribution >= 0.6 is 0 Å². The largest absolute Gasteiger partial charge is 0.477 e. The fourth-order valence-electron chi connectivity index (χ4n) is 2.09. The van der Waals surface area contributed by atoms with Crippen molar-refractivity contribution in [2.75, 3.05) is 0 Å². The number of fused-ring (bicyclic) bond motifs is 1. The molecule has 0 saturated carbocycles. The van der Waals surface area contributed by atoms with E-state index in [0.717, 1.165) is 10.9 Å². The Morgan fingerprint density at radius 3 is 2.63 bits per heavy atom. The van der Waals surface area contributed by atoms with Crippen LogP contribution in [0.5, 0.6) is 0 Å². The number of carboxylic acids is 1. The van der Waals surface area contributed by atoms with Crippen LogP contribution in [-0.4, -0.2) is 20.6 Å². The summed E-state index contributed by atoms with van der Waals surface area (Å²) in [5.74, 6) is -1.01. The third kappa shape index (κ3) is 2.20. The molecule has 0 unspecified atom stereocenters. The van der Waals surface area contributed by atoms with Crippen LogP contribution in [-0.2, 0) is 6.54 Å². The molecule has 0 spiro atoms. The highest BCUT2D eigenvalue weighted by Crippen LogP contribution is 2.16. The lowest BCUT2D eigenvalue weighted by atomic mass is 10.2. The summed E-state index contributed by atoms with van der Waals surface area (Å²) in [5, 5.41) is 9.94. The van der Waals surface area contributed by atoms with Crippen LogP contribution in [0.1, 0.15) is 16.1 Å². The van der Waals surface area contributed by atoms with E-state index in [1.54, 1.807) is 6.07 Å². The Labute approximate surface area is 109 Å². The molecule has 3 rings (SSSR count). The van der Waals surface area contributed by atoms with E-state index in [2.05, 4.69) is 4.98 Å². The van der Waals surface area contributed by atoms with Crippen LogP contribution in [0.2, 0.25) is 0 Å². The Morgan fingerprint density at radius 2 is 1.89 bits per heavy atom. The summed E-state index contributed by atoms with van der Waals surface area (Å²) in [7, 11) is 0. The highest BCUT2D eigenvalue weighted by molar-refractivity contribution is 5.89. The fraction of sp³-hybridized carbons (Fsp3) is 0.0667. The molecular weight excluding hydrogens is 240 g/mol. The van der Waals surface area contributed by atoms with Crippen molar-refractivity contribution in [3.8, 4) is 0 Å². The number of hydrogen-bond donors (Lipinski definition) is 1. The third-order valence-corrected chi connectivity index (χ3v) is 3.03. The summed E-state index contributed by atoms with van der Waals surface area (Å²) >= 11 is 0. The summed E-state index contributed by atoms with van der Waals surface area (Å²) in [4.78, 5) is 15.2. The van der Waals surface area contributed by atoms with E-state index >= 15 is 0 Å². The monoisotopic (exact) mass is 252 g/mol. The molecule has 0 fully saturated rings. The molecule has 0 saturated heterocycles. The molecule has 0 aliphatic rings. The van der Waals surface area contributed by atoms with Crippen molar-refractivity contribution in [3.63, 3.8) is 0 Å². The molecule has 4 nitrogen and oxygen atoms in total. The molecule has 0 atom stereocenters. The Hall–Kier alpha value is -2.62. The normalized spacial score (nSPS) is 10.7. The van der Waals surface area contributed by atoms with Gasteiger partial charge in [-0.3, -0.25) is 0 Å². The van der Waals surface area contributed by atoms with Gasteiger partial charge in [-0.15, -0.1) is 0 Å². The second-order valence-electron chi connectivity index (χ2n) is 4.34. The van der Waals surface area contributed by atoms with E-state index in [-0.39, 0.29) is 5.69 Å². The maximum atomic E-state index is 11.0. The molecule has 94 valence electrons. The molecule has 1 N–H and O–H groups in total. The predicted molar refractivity (Wildman–Crippen MR) is 72.2 cm³/mol. The molecule has 0 radical (unpaired) electrons. The average Bonchev–Trinajstić information content (AvgIpc) is 2.82. The zero-order chi connectivity index (χ0) is 13.2. The van der Waals surface area contributed by atoms with Gasteiger partial charge in [0, 0.05) is 18.1 Å². The van der Waals surface area contributed by atoms with Crippen molar-refractivity contribution in [2.24, 2.45) is 0 Å². The zero-order valence-corrected chi connectivity index (χ0v) is 10.2. The number of nitrogens with zero attached hydrogens (tertiary/aromatic N) is 2. The van der Waals surface area contributed by atoms with E-state index in [1.165, 1.54) is 6.07 Å². The van der Waals surface area contributed by atoms with E-state index in [0.29, 0.717) is 12.2 Å². The first kappa shape index (κ1) is 11.5. The van der Waals surface area contributed by atoms with Crippen molar-refractivity contribution in [1.82, 2.24) is 9.55 Å². The zero-order valence-electron chi connectivity index (χ0n) is 10.2. The number of carbonyl (C=O) groups is 1.